The van der Waals surface area contributed by atoms with E-state index in [9.17, 15) is 9.59 Å². The lowest BCUT2D eigenvalue weighted by Gasteiger charge is -2.62. The number of carbonyl (C=O) groups excluding carboxylic acids is 2. The quantitative estimate of drug-likeness (QED) is 0.551. The van der Waals surface area contributed by atoms with Crippen LogP contribution in [0.2, 0.25) is 0 Å². The number of hydrogen-bond donors (Lipinski definition) is 0. The van der Waals surface area contributed by atoms with E-state index in [0.29, 0.717) is 23.9 Å². The van der Waals surface area contributed by atoms with Crippen molar-refractivity contribution < 1.29 is 19.1 Å². The molecule has 32 heavy (non-hydrogen) atoms. The molecule has 4 saturated carbocycles. The third-order valence-electron chi connectivity index (χ3n) is 10.6. The van der Waals surface area contributed by atoms with E-state index in [2.05, 4.69) is 32.8 Å². The zero-order valence-electron chi connectivity index (χ0n) is 21.2. The lowest BCUT2D eigenvalue weighted by molar-refractivity contribution is -0.172. The molecule has 5 nitrogen and oxygen atoms in total. The Labute approximate surface area is 195 Å². The zero-order valence-corrected chi connectivity index (χ0v) is 21.2. The monoisotopic (exact) mass is 447 g/mol. The Balaban J connectivity index is 1.59. The standard InChI is InChI=1S/C27H45NO4/c1-17(32-19(3)30)23-9-10-25-22-8-7-20-15-21(28(5)6)11-13-26(20,4)24(22)12-14-27(23,25)16-31-18(2)29/h17,20-25H,7-16H2,1-6H3/t17?,20-,21-,22+,23+,24-,25-,26-,27-/m0/s1. The summed E-state index contributed by atoms with van der Waals surface area (Å²) in [7, 11) is 4.48. The van der Waals surface area contributed by atoms with Crippen LogP contribution in [0.25, 0.3) is 0 Å². The van der Waals surface area contributed by atoms with Crippen LogP contribution in [-0.4, -0.2) is 49.7 Å². The molecular weight excluding hydrogens is 402 g/mol. The van der Waals surface area contributed by atoms with Crippen molar-refractivity contribution in [3.8, 4) is 0 Å². The fourth-order valence-electron chi connectivity index (χ4n) is 9.12. The molecule has 0 aromatic rings. The van der Waals surface area contributed by atoms with Crippen molar-refractivity contribution >= 4 is 11.9 Å². The molecule has 1 unspecified atom stereocenters. The summed E-state index contributed by atoms with van der Waals surface area (Å²) in [4.78, 5) is 26.0. The van der Waals surface area contributed by atoms with Crippen LogP contribution in [0.4, 0.5) is 0 Å². The van der Waals surface area contributed by atoms with Crippen LogP contribution in [0, 0.1) is 40.4 Å². The summed E-state index contributed by atoms with van der Waals surface area (Å²) < 4.78 is 11.4. The Kier molecular flexibility index (Phi) is 6.70. The Bertz CT molecular complexity index is 722. The zero-order chi connectivity index (χ0) is 23.3. The van der Waals surface area contributed by atoms with Crippen LogP contribution >= 0.6 is 0 Å². The van der Waals surface area contributed by atoms with Gasteiger partial charge in [0.1, 0.15) is 6.10 Å². The van der Waals surface area contributed by atoms with Gasteiger partial charge in [0.15, 0.2) is 0 Å². The molecule has 4 fully saturated rings. The number of carbonyl (C=O) groups is 2. The predicted octanol–water partition coefficient (Wildman–Crippen LogP) is 5.07. The highest BCUT2D eigenvalue weighted by Crippen LogP contribution is 2.68. The molecule has 0 radical (unpaired) electrons. The summed E-state index contributed by atoms with van der Waals surface area (Å²) in [5.74, 6) is 2.79. The van der Waals surface area contributed by atoms with Crippen molar-refractivity contribution in [1.29, 1.82) is 0 Å². The number of nitrogens with zero attached hydrogens (tertiary/aromatic N) is 1. The summed E-state index contributed by atoms with van der Waals surface area (Å²) in [6.45, 7) is 8.18. The van der Waals surface area contributed by atoms with Crippen molar-refractivity contribution in [1.82, 2.24) is 4.90 Å². The lowest BCUT2D eigenvalue weighted by atomic mass is 9.44. The van der Waals surface area contributed by atoms with E-state index in [1.165, 1.54) is 58.8 Å². The highest BCUT2D eigenvalue weighted by Gasteiger charge is 2.63. The van der Waals surface area contributed by atoms with Gasteiger partial charge in [-0.05, 0) is 108 Å². The van der Waals surface area contributed by atoms with Gasteiger partial charge in [0.2, 0.25) is 0 Å². The van der Waals surface area contributed by atoms with Gasteiger partial charge >= 0.3 is 11.9 Å². The molecule has 0 bridgehead atoms. The van der Waals surface area contributed by atoms with E-state index in [1.807, 2.05) is 0 Å². The van der Waals surface area contributed by atoms with Gasteiger partial charge in [-0.25, -0.2) is 0 Å². The summed E-state index contributed by atoms with van der Waals surface area (Å²) in [5.41, 5.74) is 0.411. The van der Waals surface area contributed by atoms with E-state index in [-0.39, 0.29) is 29.4 Å². The van der Waals surface area contributed by atoms with Crippen LogP contribution in [0.3, 0.4) is 0 Å². The summed E-state index contributed by atoms with van der Waals surface area (Å²) >= 11 is 0. The minimum atomic E-state index is -0.206. The van der Waals surface area contributed by atoms with Gasteiger partial charge in [-0.3, -0.25) is 9.59 Å². The first-order chi connectivity index (χ1) is 15.1. The molecule has 0 saturated heterocycles. The topological polar surface area (TPSA) is 55.8 Å². The molecular formula is C27H45NO4. The van der Waals surface area contributed by atoms with Gasteiger partial charge < -0.3 is 14.4 Å². The van der Waals surface area contributed by atoms with Crippen LogP contribution in [0.15, 0.2) is 0 Å². The van der Waals surface area contributed by atoms with E-state index < -0.39 is 0 Å². The molecule has 0 aliphatic heterocycles. The third kappa shape index (κ3) is 4.01. The van der Waals surface area contributed by atoms with Gasteiger partial charge in [0.05, 0.1) is 6.61 Å². The maximum absolute atomic E-state index is 11.8. The van der Waals surface area contributed by atoms with E-state index in [4.69, 9.17) is 9.47 Å². The van der Waals surface area contributed by atoms with Gasteiger partial charge in [-0.15, -0.1) is 0 Å². The predicted molar refractivity (Wildman–Crippen MR) is 125 cm³/mol. The van der Waals surface area contributed by atoms with Crippen LogP contribution in [0.1, 0.15) is 85.5 Å². The Hall–Kier alpha value is -1.10. The second-order valence-electron chi connectivity index (χ2n) is 12.1. The number of fused-ring (bicyclic) bond motifs is 5. The molecule has 0 aromatic heterocycles. The molecule has 4 aliphatic carbocycles. The summed E-state index contributed by atoms with van der Waals surface area (Å²) in [6.07, 6.45) is 11.1. The molecule has 4 aliphatic rings. The average molecular weight is 448 g/mol. The second kappa shape index (κ2) is 8.92. The number of ether oxygens (including phenoxy) is 2. The summed E-state index contributed by atoms with van der Waals surface area (Å²) in [5, 5.41) is 0. The molecule has 182 valence electrons. The maximum Gasteiger partial charge on any atom is 0.302 e. The minimum absolute atomic E-state index is 0.0360. The van der Waals surface area contributed by atoms with Crippen LogP contribution in [0.5, 0.6) is 0 Å². The molecule has 5 heteroatoms. The maximum atomic E-state index is 11.8. The molecule has 9 atom stereocenters. The molecule has 0 aromatic carbocycles. The number of esters is 2. The number of hydrogen-bond acceptors (Lipinski definition) is 5. The first kappa shape index (κ1) is 24.0. The van der Waals surface area contributed by atoms with Crippen molar-refractivity contribution in [2.24, 2.45) is 40.4 Å². The Morgan fingerprint density at radius 2 is 1.72 bits per heavy atom. The fraction of sp³-hybridized carbons (Fsp3) is 0.926. The molecule has 0 spiro atoms. The van der Waals surface area contributed by atoms with Gasteiger partial charge in [-0.1, -0.05) is 6.92 Å². The van der Waals surface area contributed by atoms with E-state index in [0.717, 1.165) is 30.7 Å². The lowest BCUT2D eigenvalue weighted by Crippen LogP contribution is -2.57. The highest BCUT2D eigenvalue weighted by atomic mass is 16.5. The van der Waals surface area contributed by atoms with E-state index >= 15 is 0 Å². The summed E-state index contributed by atoms with van der Waals surface area (Å²) in [6, 6.07) is 0.733. The first-order valence-electron chi connectivity index (χ1n) is 13.1. The Morgan fingerprint density at radius 3 is 2.38 bits per heavy atom. The van der Waals surface area contributed by atoms with Crippen LogP contribution < -0.4 is 0 Å². The van der Waals surface area contributed by atoms with Crippen molar-refractivity contribution in [2.75, 3.05) is 20.7 Å². The first-order valence-corrected chi connectivity index (χ1v) is 13.1. The number of rotatable bonds is 5. The van der Waals surface area contributed by atoms with Gasteiger partial charge in [-0.2, -0.15) is 0 Å². The highest BCUT2D eigenvalue weighted by molar-refractivity contribution is 5.66. The van der Waals surface area contributed by atoms with Gasteiger partial charge in [0.25, 0.3) is 0 Å². The molecule has 4 rings (SSSR count). The van der Waals surface area contributed by atoms with Crippen molar-refractivity contribution in [3.63, 3.8) is 0 Å². The minimum Gasteiger partial charge on any atom is -0.465 e. The molecule has 0 N–H and O–H groups in total. The second-order valence-corrected chi connectivity index (χ2v) is 12.1. The third-order valence-corrected chi connectivity index (χ3v) is 10.6. The normalized spacial score (nSPS) is 44.2. The fourth-order valence-corrected chi connectivity index (χ4v) is 9.12. The van der Waals surface area contributed by atoms with Gasteiger partial charge in [0, 0.05) is 31.2 Å². The molecule has 0 heterocycles. The van der Waals surface area contributed by atoms with Crippen molar-refractivity contribution in [3.05, 3.63) is 0 Å². The smallest absolute Gasteiger partial charge is 0.302 e. The molecule has 0 amide bonds. The average Bonchev–Trinajstić information content (AvgIpc) is 3.11. The van der Waals surface area contributed by atoms with Crippen LogP contribution in [-0.2, 0) is 19.1 Å². The largest absolute Gasteiger partial charge is 0.465 e. The van der Waals surface area contributed by atoms with E-state index in [1.54, 1.807) is 0 Å². The Morgan fingerprint density at radius 1 is 0.969 bits per heavy atom. The SMILES string of the molecule is CC(=O)OC[C@]12CC[C@H]3[C@@H](CC[C@H]4C[C@@H](N(C)C)CC[C@@]43C)[C@@H]1CC[C@@H]2C(C)OC(C)=O. The van der Waals surface area contributed by atoms with Crippen molar-refractivity contribution in [2.45, 2.75) is 97.6 Å².